The molecule has 0 saturated heterocycles. The normalized spacial score (nSPS) is 12.7. The number of carbonyl (C=O) groups is 3. The number of hydrogen-bond acceptors (Lipinski definition) is 4. The maximum Gasteiger partial charge on any atom is 0.328 e. The predicted octanol–water partition coefficient (Wildman–Crippen LogP) is 3.10. The van der Waals surface area contributed by atoms with Crippen LogP contribution in [0.5, 0.6) is 0 Å². The van der Waals surface area contributed by atoms with Crippen molar-refractivity contribution >= 4 is 17.8 Å². The van der Waals surface area contributed by atoms with Gasteiger partial charge in [-0.15, -0.1) is 0 Å². The van der Waals surface area contributed by atoms with Crippen LogP contribution in [0.3, 0.4) is 0 Å². The number of rotatable bonds is 9. The summed E-state index contributed by atoms with van der Waals surface area (Å²) in [6.45, 7) is 5.30. The highest BCUT2D eigenvalue weighted by molar-refractivity contribution is 5.90. The second kappa shape index (κ2) is 11.1. The monoisotopic (exact) mass is 410 g/mol. The van der Waals surface area contributed by atoms with E-state index in [1.807, 2.05) is 68.4 Å². The Labute approximate surface area is 178 Å². The fourth-order valence-electron chi connectivity index (χ4n) is 3.26. The third kappa shape index (κ3) is 7.03. The molecule has 30 heavy (non-hydrogen) atoms. The molecule has 6 nitrogen and oxygen atoms in total. The first kappa shape index (κ1) is 23.1. The van der Waals surface area contributed by atoms with Crippen LogP contribution in [0.2, 0.25) is 0 Å². The molecule has 0 spiro atoms. The van der Waals surface area contributed by atoms with Gasteiger partial charge in [-0.25, -0.2) is 4.79 Å². The van der Waals surface area contributed by atoms with Crippen molar-refractivity contribution in [3.8, 4) is 11.1 Å². The van der Waals surface area contributed by atoms with Crippen LogP contribution in [-0.2, 0) is 25.5 Å². The van der Waals surface area contributed by atoms with Crippen LogP contribution in [-0.4, -0.2) is 37.0 Å². The van der Waals surface area contributed by atoms with Crippen LogP contribution in [0.1, 0.15) is 32.8 Å². The molecule has 0 aliphatic carbocycles. The molecule has 0 fully saturated rings. The Kier molecular flexibility index (Phi) is 8.59. The summed E-state index contributed by atoms with van der Waals surface area (Å²) in [5, 5.41) is 5.40. The number of amides is 2. The molecule has 0 bridgehead atoms. The quantitative estimate of drug-likeness (QED) is 0.622. The maximum atomic E-state index is 12.7. The molecule has 2 rings (SSSR count). The van der Waals surface area contributed by atoms with Gasteiger partial charge in [-0.2, -0.15) is 0 Å². The Balaban J connectivity index is 2.12. The molecule has 2 atom stereocenters. The van der Waals surface area contributed by atoms with Crippen molar-refractivity contribution in [2.75, 3.05) is 7.11 Å². The average molecular weight is 411 g/mol. The molecule has 2 N–H and O–H groups in total. The Morgan fingerprint density at radius 3 is 2.00 bits per heavy atom. The lowest BCUT2D eigenvalue weighted by atomic mass is 9.99. The summed E-state index contributed by atoms with van der Waals surface area (Å²) < 4.78 is 4.88. The summed E-state index contributed by atoms with van der Waals surface area (Å²) in [5.74, 6) is -1.01. The topological polar surface area (TPSA) is 84.5 Å². The molecular formula is C24H30N2O4. The summed E-state index contributed by atoms with van der Waals surface area (Å²) in [4.78, 5) is 36.5. The zero-order valence-corrected chi connectivity index (χ0v) is 18.0. The van der Waals surface area contributed by atoms with E-state index in [9.17, 15) is 14.4 Å². The van der Waals surface area contributed by atoms with Crippen LogP contribution in [0.25, 0.3) is 11.1 Å². The van der Waals surface area contributed by atoms with E-state index in [1.54, 1.807) is 0 Å². The molecule has 6 heteroatoms. The van der Waals surface area contributed by atoms with Crippen LogP contribution in [0.15, 0.2) is 54.6 Å². The minimum atomic E-state index is -0.839. The van der Waals surface area contributed by atoms with Crippen LogP contribution in [0.4, 0.5) is 0 Å². The highest BCUT2D eigenvalue weighted by atomic mass is 16.5. The SMILES string of the molecule is COC(=O)[C@H](Cc1ccc(-c2ccccc2)cc1)NC(=O)[C@H](CC(C)C)NC(C)=O. The van der Waals surface area contributed by atoms with E-state index < -0.39 is 24.0 Å². The Morgan fingerprint density at radius 1 is 0.867 bits per heavy atom. The number of esters is 1. The molecule has 2 aromatic rings. The highest BCUT2D eigenvalue weighted by Crippen LogP contribution is 2.20. The average Bonchev–Trinajstić information content (AvgIpc) is 2.72. The second-order valence-electron chi connectivity index (χ2n) is 7.73. The standard InChI is InChI=1S/C24H30N2O4/c1-16(2)14-21(25-17(3)27)23(28)26-22(24(29)30-4)15-18-10-12-20(13-11-18)19-8-6-5-7-9-19/h5-13,16,21-22H,14-15H2,1-4H3,(H,25,27)(H,26,28)/t21-,22-/m0/s1. The van der Waals surface area contributed by atoms with Crippen LogP contribution in [0, 0.1) is 5.92 Å². The summed E-state index contributed by atoms with van der Waals surface area (Å²) in [5.41, 5.74) is 3.07. The van der Waals surface area contributed by atoms with Gasteiger partial charge in [0.25, 0.3) is 0 Å². The molecule has 0 aliphatic rings. The van der Waals surface area contributed by atoms with Crippen molar-refractivity contribution in [1.82, 2.24) is 10.6 Å². The summed E-state index contributed by atoms with van der Waals surface area (Å²) in [7, 11) is 1.29. The second-order valence-corrected chi connectivity index (χ2v) is 7.73. The summed E-state index contributed by atoms with van der Waals surface area (Å²) in [6.07, 6.45) is 0.771. The molecule has 0 radical (unpaired) electrons. The number of nitrogens with one attached hydrogen (secondary N) is 2. The lowest BCUT2D eigenvalue weighted by Gasteiger charge is -2.23. The van der Waals surface area contributed by atoms with Gasteiger partial charge >= 0.3 is 5.97 Å². The van der Waals surface area contributed by atoms with Crippen molar-refractivity contribution in [3.63, 3.8) is 0 Å². The van der Waals surface area contributed by atoms with Crippen molar-refractivity contribution in [2.24, 2.45) is 5.92 Å². The minimum absolute atomic E-state index is 0.203. The van der Waals surface area contributed by atoms with E-state index in [0.717, 1.165) is 16.7 Å². The molecule has 0 heterocycles. The lowest BCUT2D eigenvalue weighted by molar-refractivity contribution is -0.145. The van der Waals surface area contributed by atoms with Gasteiger partial charge in [-0.1, -0.05) is 68.4 Å². The van der Waals surface area contributed by atoms with Gasteiger partial charge in [0.15, 0.2) is 0 Å². The largest absolute Gasteiger partial charge is 0.467 e. The molecule has 0 saturated carbocycles. The van der Waals surface area contributed by atoms with E-state index in [-0.39, 0.29) is 11.8 Å². The van der Waals surface area contributed by atoms with Gasteiger partial charge in [-0.05, 0) is 29.0 Å². The van der Waals surface area contributed by atoms with Crippen molar-refractivity contribution in [2.45, 2.75) is 45.7 Å². The third-order valence-corrected chi connectivity index (χ3v) is 4.70. The fourth-order valence-corrected chi connectivity index (χ4v) is 3.26. The van der Waals surface area contributed by atoms with Gasteiger partial charge in [0.2, 0.25) is 11.8 Å². The number of methoxy groups -OCH3 is 1. The molecule has 0 aromatic heterocycles. The van der Waals surface area contributed by atoms with Gasteiger partial charge < -0.3 is 15.4 Å². The Bertz CT molecular complexity index is 847. The van der Waals surface area contributed by atoms with E-state index in [0.29, 0.717) is 12.8 Å². The predicted molar refractivity (Wildman–Crippen MR) is 117 cm³/mol. The van der Waals surface area contributed by atoms with E-state index >= 15 is 0 Å². The van der Waals surface area contributed by atoms with Gasteiger partial charge in [0.05, 0.1) is 7.11 Å². The maximum absolute atomic E-state index is 12.7. The molecule has 0 aliphatic heterocycles. The summed E-state index contributed by atoms with van der Waals surface area (Å²) in [6, 6.07) is 16.3. The van der Waals surface area contributed by atoms with Crippen molar-refractivity contribution in [3.05, 3.63) is 60.2 Å². The third-order valence-electron chi connectivity index (χ3n) is 4.70. The van der Waals surface area contributed by atoms with E-state index in [4.69, 9.17) is 4.74 Å². The van der Waals surface area contributed by atoms with Crippen LogP contribution >= 0.6 is 0 Å². The van der Waals surface area contributed by atoms with Crippen molar-refractivity contribution < 1.29 is 19.1 Å². The first-order valence-electron chi connectivity index (χ1n) is 10.1. The Hall–Kier alpha value is -3.15. The molecular weight excluding hydrogens is 380 g/mol. The zero-order chi connectivity index (χ0) is 22.1. The number of carbonyl (C=O) groups excluding carboxylic acids is 3. The van der Waals surface area contributed by atoms with Gasteiger partial charge in [0.1, 0.15) is 12.1 Å². The zero-order valence-electron chi connectivity index (χ0n) is 18.0. The first-order valence-corrected chi connectivity index (χ1v) is 10.1. The molecule has 0 unspecified atom stereocenters. The number of ether oxygens (including phenoxy) is 1. The lowest BCUT2D eigenvalue weighted by Crippen LogP contribution is -2.52. The summed E-state index contributed by atoms with van der Waals surface area (Å²) >= 11 is 0. The van der Waals surface area contributed by atoms with Crippen LogP contribution < -0.4 is 10.6 Å². The molecule has 160 valence electrons. The van der Waals surface area contributed by atoms with Crippen molar-refractivity contribution in [1.29, 1.82) is 0 Å². The van der Waals surface area contributed by atoms with Gasteiger partial charge in [0, 0.05) is 13.3 Å². The minimum Gasteiger partial charge on any atom is -0.467 e. The van der Waals surface area contributed by atoms with E-state index in [2.05, 4.69) is 10.6 Å². The molecule has 2 amide bonds. The number of benzene rings is 2. The smallest absolute Gasteiger partial charge is 0.328 e. The van der Waals surface area contributed by atoms with E-state index in [1.165, 1.54) is 14.0 Å². The molecule has 2 aromatic carbocycles. The highest BCUT2D eigenvalue weighted by Gasteiger charge is 2.27. The Morgan fingerprint density at radius 2 is 1.47 bits per heavy atom. The fraction of sp³-hybridized carbons (Fsp3) is 0.375. The number of hydrogen-bond donors (Lipinski definition) is 2. The first-order chi connectivity index (χ1) is 14.3. The van der Waals surface area contributed by atoms with Gasteiger partial charge in [-0.3, -0.25) is 9.59 Å².